The number of rotatable bonds is 3. The average Bonchev–Trinajstić information content (AvgIpc) is 2.68. The summed E-state index contributed by atoms with van der Waals surface area (Å²) < 4.78 is 4.73. The highest BCUT2D eigenvalue weighted by Crippen LogP contribution is 2.36. The maximum Gasteiger partial charge on any atom is 0.324 e. The Labute approximate surface area is 65.5 Å². The van der Waals surface area contributed by atoms with Gasteiger partial charge in [0.15, 0.2) is 0 Å². The van der Waals surface area contributed by atoms with Crippen LogP contribution in [0.2, 0.25) is 0 Å². The van der Waals surface area contributed by atoms with Gasteiger partial charge in [-0.15, -0.1) is 11.6 Å². The molecule has 0 bridgehead atoms. The molecule has 0 aromatic rings. The van der Waals surface area contributed by atoms with Gasteiger partial charge in [0.2, 0.25) is 0 Å². The fourth-order valence-electron chi connectivity index (χ4n) is 0.803. The summed E-state index contributed by atoms with van der Waals surface area (Å²) in [5, 5.41) is -0.389. The van der Waals surface area contributed by atoms with E-state index in [2.05, 4.69) is 0 Å². The van der Waals surface area contributed by atoms with Crippen LogP contribution in [0.1, 0.15) is 19.8 Å². The second-order valence-electron chi connectivity index (χ2n) is 2.49. The quantitative estimate of drug-likeness (QED) is 0.465. The fourth-order valence-corrected chi connectivity index (χ4v) is 1.12. The van der Waals surface area contributed by atoms with E-state index in [0.717, 1.165) is 12.8 Å². The van der Waals surface area contributed by atoms with E-state index < -0.39 is 0 Å². The normalized spacial score (nSPS) is 20.2. The second kappa shape index (κ2) is 3.24. The summed E-state index contributed by atoms with van der Waals surface area (Å²) in [5.74, 6) is 0.132. The number of alkyl halides is 1. The lowest BCUT2D eigenvalue weighted by atomic mass is 10.3. The summed E-state index contributed by atoms with van der Waals surface area (Å²) in [4.78, 5) is 10.9. The topological polar surface area (TPSA) is 26.3 Å². The molecule has 0 aliphatic heterocycles. The van der Waals surface area contributed by atoms with Crippen molar-refractivity contribution in [2.75, 3.05) is 6.61 Å². The van der Waals surface area contributed by atoms with Crippen molar-refractivity contribution in [1.29, 1.82) is 0 Å². The Morgan fingerprint density at radius 1 is 1.80 bits per heavy atom. The molecule has 1 aliphatic rings. The van der Waals surface area contributed by atoms with Crippen LogP contribution in [-0.2, 0) is 9.53 Å². The number of hydrogen-bond donors (Lipinski definition) is 0. The first kappa shape index (κ1) is 7.86. The SMILES string of the molecule is CCOC(=O)C(Cl)C1CC1. The van der Waals surface area contributed by atoms with Gasteiger partial charge in [0.05, 0.1) is 6.61 Å². The minimum Gasteiger partial charge on any atom is -0.465 e. The van der Waals surface area contributed by atoms with Crippen molar-refractivity contribution in [1.82, 2.24) is 0 Å². The zero-order valence-corrected chi connectivity index (χ0v) is 6.73. The molecule has 1 saturated carbocycles. The van der Waals surface area contributed by atoms with Crippen molar-refractivity contribution in [2.24, 2.45) is 5.92 Å². The first-order valence-electron chi connectivity index (χ1n) is 3.56. The van der Waals surface area contributed by atoms with Gasteiger partial charge in [0.1, 0.15) is 5.38 Å². The van der Waals surface area contributed by atoms with Crippen molar-refractivity contribution < 1.29 is 9.53 Å². The van der Waals surface area contributed by atoms with E-state index in [9.17, 15) is 4.79 Å². The van der Waals surface area contributed by atoms with Gasteiger partial charge >= 0.3 is 5.97 Å². The summed E-state index contributed by atoms with van der Waals surface area (Å²) in [6.07, 6.45) is 2.15. The highest BCUT2D eigenvalue weighted by Gasteiger charge is 2.35. The molecular weight excluding hydrogens is 152 g/mol. The van der Waals surface area contributed by atoms with Gasteiger partial charge in [-0.1, -0.05) is 0 Å². The molecule has 58 valence electrons. The van der Waals surface area contributed by atoms with E-state index in [1.807, 2.05) is 0 Å². The molecule has 0 aromatic heterocycles. The highest BCUT2D eigenvalue weighted by atomic mass is 35.5. The van der Waals surface area contributed by atoms with Crippen LogP contribution < -0.4 is 0 Å². The predicted molar refractivity (Wildman–Crippen MR) is 39.0 cm³/mol. The first-order chi connectivity index (χ1) is 4.75. The molecule has 1 rings (SSSR count). The van der Waals surface area contributed by atoms with Gasteiger partial charge in [-0.05, 0) is 25.7 Å². The van der Waals surface area contributed by atoms with Crippen LogP contribution in [-0.4, -0.2) is 18.0 Å². The minimum atomic E-state index is -0.389. The van der Waals surface area contributed by atoms with Crippen molar-refractivity contribution >= 4 is 17.6 Å². The third-order valence-electron chi connectivity index (χ3n) is 1.55. The molecule has 1 aliphatic carbocycles. The lowest BCUT2D eigenvalue weighted by molar-refractivity contribution is -0.143. The van der Waals surface area contributed by atoms with Crippen molar-refractivity contribution in [3.05, 3.63) is 0 Å². The van der Waals surface area contributed by atoms with Gasteiger partial charge in [0, 0.05) is 0 Å². The number of carbonyl (C=O) groups is 1. The Hall–Kier alpha value is -0.240. The zero-order valence-electron chi connectivity index (χ0n) is 5.97. The van der Waals surface area contributed by atoms with Gasteiger partial charge in [-0.2, -0.15) is 0 Å². The van der Waals surface area contributed by atoms with E-state index in [-0.39, 0.29) is 11.3 Å². The van der Waals surface area contributed by atoms with Crippen LogP contribution in [0.25, 0.3) is 0 Å². The predicted octanol–water partition coefficient (Wildman–Crippen LogP) is 1.57. The lowest BCUT2D eigenvalue weighted by Crippen LogP contribution is -2.19. The lowest BCUT2D eigenvalue weighted by Gasteiger charge is -2.05. The molecule has 1 fully saturated rings. The van der Waals surface area contributed by atoms with Crippen molar-refractivity contribution in [3.8, 4) is 0 Å². The molecule has 0 amide bonds. The summed E-state index contributed by atoms with van der Waals surface area (Å²) in [6, 6.07) is 0. The monoisotopic (exact) mass is 162 g/mol. The van der Waals surface area contributed by atoms with E-state index >= 15 is 0 Å². The third kappa shape index (κ3) is 1.87. The number of carbonyl (C=O) groups excluding carboxylic acids is 1. The molecule has 0 radical (unpaired) electrons. The minimum absolute atomic E-state index is 0.258. The number of ether oxygens (including phenoxy) is 1. The van der Waals surface area contributed by atoms with E-state index in [1.54, 1.807) is 6.92 Å². The number of hydrogen-bond acceptors (Lipinski definition) is 2. The van der Waals surface area contributed by atoms with Gasteiger partial charge < -0.3 is 4.74 Å². The third-order valence-corrected chi connectivity index (χ3v) is 2.08. The summed E-state index contributed by atoms with van der Waals surface area (Å²) in [7, 11) is 0. The van der Waals surface area contributed by atoms with Crippen molar-refractivity contribution in [3.63, 3.8) is 0 Å². The number of esters is 1. The molecule has 0 spiro atoms. The van der Waals surface area contributed by atoms with Crippen LogP contribution >= 0.6 is 11.6 Å². The largest absolute Gasteiger partial charge is 0.465 e. The zero-order chi connectivity index (χ0) is 7.56. The van der Waals surface area contributed by atoms with Crippen LogP contribution in [0.5, 0.6) is 0 Å². The van der Waals surface area contributed by atoms with Crippen LogP contribution in [0, 0.1) is 5.92 Å². The smallest absolute Gasteiger partial charge is 0.324 e. The van der Waals surface area contributed by atoms with Gasteiger partial charge in [-0.3, -0.25) is 4.79 Å². The first-order valence-corrected chi connectivity index (χ1v) is 4.00. The molecule has 0 saturated heterocycles. The maximum atomic E-state index is 10.9. The fraction of sp³-hybridized carbons (Fsp3) is 0.857. The van der Waals surface area contributed by atoms with Crippen LogP contribution in [0.15, 0.2) is 0 Å². The molecule has 10 heavy (non-hydrogen) atoms. The second-order valence-corrected chi connectivity index (χ2v) is 2.96. The maximum absolute atomic E-state index is 10.9. The Morgan fingerprint density at radius 3 is 2.80 bits per heavy atom. The van der Waals surface area contributed by atoms with Gasteiger partial charge in [0.25, 0.3) is 0 Å². The van der Waals surface area contributed by atoms with Crippen LogP contribution in [0.4, 0.5) is 0 Å². The average molecular weight is 163 g/mol. The van der Waals surface area contributed by atoms with E-state index in [4.69, 9.17) is 16.3 Å². The van der Waals surface area contributed by atoms with Crippen LogP contribution in [0.3, 0.4) is 0 Å². The van der Waals surface area contributed by atoms with E-state index in [0.29, 0.717) is 12.5 Å². The standard InChI is InChI=1S/C7H11ClO2/c1-2-10-7(9)6(8)5-3-4-5/h5-6H,2-4H2,1H3. The molecule has 2 nitrogen and oxygen atoms in total. The Balaban J connectivity index is 2.24. The molecule has 0 heterocycles. The molecule has 1 atom stereocenters. The van der Waals surface area contributed by atoms with E-state index in [1.165, 1.54) is 0 Å². The van der Waals surface area contributed by atoms with Gasteiger partial charge in [-0.25, -0.2) is 0 Å². The Bertz CT molecular complexity index is 132. The molecular formula is C7H11ClO2. The number of halogens is 1. The highest BCUT2D eigenvalue weighted by molar-refractivity contribution is 6.30. The summed E-state index contributed by atoms with van der Waals surface area (Å²) in [6.45, 7) is 2.21. The summed E-state index contributed by atoms with van der Waals surface area (Å²) in [5.41, 5.74) is 0. The molecule has 3 heteroatoms. The molecule has 0 aromatic carbocycles. The Morgan fingerprint density at radius 2 is 2.40 bits per heavy atom. The summed E-state index contributed by atoms with van der Waals surface area (Å²) >= 11 is 5.73. The van der Waals surface area contributed by atoms with Crippen molar-refractivity contribution in [2.45, 2.75) is 25.1 Å². The Kier molecular flexibility index (Phi) is 2.55. The molecule has 0 N–H and O–H groups in total. The molecule has 1 unspecified atom stereocenters.